The van der Waals surface area contributed by atoms with Crippen LogP contribution in [0.2, 0.25) is 0 Å². The smallest absolute Gasteiger partial charge is 0.159 e. The van der Waals surface area contributed by atoms with Gasteiger partial charge in [-0.15, -0.1) is 0 Å². The molecule has 2 aromatic heterocycles. The van der Waals surface area contributed by atoms with Crippen LogP contribution in [-0.2, 0) is 0 Å². The van der Waals surface area contributed by atoms with Crippen molar-refractivity contribution in [2.24, 2.45) is 0 Å². The molecule has 10 aromatic rings. The van der Waals surface area contributed by atoms with E-state index in [2.05, 4.69) is 180 Å². The van der Waals surface area contributed by atoms with Crippen molar-refractivity contribution in [2.75, 3.05) is 9.80 Å². The van der Waals surface area contributed by atoms with Crippen LogP contribution >= 0.6 is 0 Å². The minimum Gasteiger partial charge on any atom is -0.456 e. The summed E-state index contributed by atoms with van der Waals surface area (Å²) in [6, 6.07) is 67.8. The molecule has 0 bridgehead atoms. The Morgan fingerprint density at radius 1 is 0.288 bits per heavy atom. The highest BCUT2D eigenvalue weighted by Gasteiger charge is 2.21. The first-order chi connectivity index (χ1) is 25.8. The van der Waals surface area contributed by atoms with Gasteiger partial charge >= 0.3 is 0 Å². The normalized spacial score (nSPS) is 11.5. The quantitative estimate of drug-likeness (QED) is 0.169. The molecule has 0 spiro atoms. The summed E-state index contributed by atoms with van der Waals surface area (Å²) in [4.78, 5) is 4.55. The third kappa shape index (κ3) is 5.09. The molecule has 0 saturated heterocycles. The zero-order valence-corrected chi connectivity index (χ0v) is 28.2. The van der Waals surface area contributed by atoms with E-state index in [1.165, 1.54) is 0 Å². The molecule has 0 saturated carbocycles. The molecule has 0 amide bonds. The number of benzene rings is 8. The van der Waals surface area contributed by atoms with Crippen molar-refractivity contribution >= 4 is 78.0 Å². The van der Waals surface area contributed by atoms with Crippen molar-refractivity contribution in [2.45, 2.75) is 0 Å². The van der Waals surface area contributed by atoms with Gasteiger partial charge in [0.15, 0.2) is 5.58 Å². The Balaban J connectivity index is 1.06. The van der Waals surface area contributed by atoms with Crippen molar-refractivity contribution in [1.82, 2.24) is 0 Å². The van der Waals surface area contributed by atoms with Crippen molar-refractivity contribution in [3.05, 3.63) is 194 Å². The Hall–Kier alpha value is -7.04. The lowest BCUT2D eigenvalue weighted by atomic mass is 10.0. The lowest BCUT2D eigenvalue weighted by molar-refractivity contribution is 0.667. The van der Waals surface area contributed by atoms with Gasteiger partial charge in [0.2, 0.25) is 0 Å². The standard InChI is InChI=1S/C48H32N2O2/c1-3-12-35(13-4-1)49(36-14-5-2-6-15-36)37-26-22-33(23-27-37)34-24-28-38(29-25-34)50(39-30-31-42-40-16-7-9-20-45(40)51-47(42)32-39)44-19-11-18-43-41-17-8-10-21-46(41)52-48(43)44/h1-32H. The molecular formula is C48H32N2O2. The molecular weight excluding hydrogens is 637 g/mol. The Bertz CT molecular complexity index is 2800. The molecule has 4 nitrogen and oxygen atoms in total. The van der Waals surface area contributed by atoms with E-state index < -0.39 is 0 Å². The van der Waals surface area contributed by atoms with Crippen molar-refractivity contribution in [3.63, 3.8) is 0 Å². The van der Waals surface area contributed by atoms with Crippen LogP contribution in [0.4, 0.5) is 34.1 Å². The SMILES string of the molecule is c1ccc(N(c2ccccc2)c2ccc(-c3ccc(N(c4ccc5c(c4)oc4ccccc45)c4cccc5c4oc4ccccc45)cc3)cc2)cc1. The first-order valence-electron chi connectivity index (χ1n) is 17.5. The Morgan fingerprint density at radius 2 is 0.750 bits per heavy atom. The molecule has 0 aliphatic carbocycles. The summed E-state index contributed by atoms with van der Waals surface area (Å²) in [6.45, 7) is 0. The summed E-state index contributed by atoms with van der Waals surface area (Å²) >= 11 is 0. The van der Waals surface area contributed by atoms with Crippen molar-refractivity contribution < 1.29 is 8.83 Å². The van der Waals surface area contributed by atoms with Gasteiger partial charge in [0.25, 0.3) is 0 Å². The highest BCUT2D eigenvalue weighted by atomic mass is 16.3. The van der Waals surface area contributed by atoms with Gasteiger partial charge in [-0.3, -0.25) is 0 Å². The van der Waals surface area contributed by atoms with Crippen LogP contribution in [0.3, 0.4) is 0 Å². The molecule has 0 N–H and O–H groups in total. The molecule has 0 radical (unpaired) electrons. The van der Waals surface area contributed by atoms with E-state index in [9.17, 15) is 0 Å². The molecule has 0 atom stereocenters. The lowest BCUT2D eigenvalue weighted by Crippen LogP contribution is -2.10. The highest BCUT2D eigenvalue weighted by molar-refractivity contribution is 6.11. The Kier molecular flexibility index (Phi) is 7.10. The second kappa shape index (κ2) is 12.4. The van der Waals surface area contributed by atoms with E-state index in [-0.39, 0.29) is 0 Å². The third-order valence-electron chi connectivity index (χ3n) is 9.86. The number of fused-ring (bicyclic) bond motifs is 6. The van der Waals surface area contributed by atoms with Gasteiger partial charge in [0, 0.05) is 50.4 Å². The van der Waals surface area contributed by atoms with Gasteiger partial charge in [0.1, 0.15) is 16.7 Å². The van der Waals surface area contributed by atoms with Crippen LogP contribution in [0.25, 0.3) is 55.0 Å². The van der Waals surface area contributed by atoms with E-state index in [1.54, 1.807) is 0 Å². The molecule has 8 aromatic carbocycles. The second-order valence-corrected chi connectivity index (χ2v) is 13.0. The maximum atomic E-state index is 6.56. The summed E-state index contributed by atoms with van der Waals surface area (Å²) in [5, 5.41) is 4.39. The number of anilines is 6. The third-order valence-corrected chi connectivity index (χ3v) is 9.86. The summed E-state index contributed by atoms with van der Waals surface area (Å²) in [5.41, 5.74) is 12.0. The first-order valence-corrected chi connectivity index (χ1v) is 17.5. The summed E-state index contributed by atoms with van der Waals surface area (Å²) in [7, 11) is 0. The monoisotopic (exact) mass is 668 g/mol. The fourth-order valence-corrected chi connectivity index (χ4v) is 7.40. The average Bonchev–Trinajstić information content (AvgIpc) is 3.78. The predicted octanol–water partition coefficient (Wildman–Crippen LogP) is 14.1. The molecule has 246 valence electrons. The van der Waals surface area contributed by atoms with Gasteiger partial charge in [-0.25, -0.2) is 0 Å². The van der Waals surface area contributed by atoms with Crippen LogP contribution in [-0.4, -0.2) is 0 Å². The predicted molar refractivity (Wildman–Crippen MR) is 216 cm³/mol. The van der Waals surface area contributed by atoms with Gasteiger partial charge in [0.05, 0.1) is 11.4 Å². The Labute approximate surface area is 301 Å². The van der Waals surface area contributed by atoms with Gasteiger partial charge in [-0.2, -0.15) is 0 Å². The number of rotatable bonds is 7. The second-order valence-electron chi connectivity index (χ2n) is 13.0. The molecule has 10 rings (SSSR count). The van der Waals surface area contributed by atoms with E-state index in [0.29, 0.717) is 0 Å². The van der Waals surface area contributed by atoms with E-state index >= 15 is 0 Å². The minimum atomic E-state index is 0.842. The largest absolute Gasteiger partial charge is 0.456 e. The van der Waals surface area contributed by atoms with Crippen LogP contribution in [0.15, 0.2) is 203 Å². The number of para-hydroxylation sites is 5. The molecule has 0 aliphatic heterocycles. The first kappa shape index (κ1) is 29.8. The van der Waals surface area contributed by atoms with Gasteiger partial charge in [-0.05, 0) is 90.0 Å². The maximum absolute atomic E-state index is 6.56. The number of nitrogens with zero attached hydrogens (tertiary/aromatic N) is 2. The summed E-state index contributed by atoms with van der Waals surface area (Å²) in [6.07, 6.45) is 0. The van der Waals surface area contributed by atoms with Crippen LogP contribution in [0, 0.1) is 0 Å². The molecule has 2 heterocycles. The summed E-state index contributed by atoms with van der Waals surface area (Å²) in [5.74, 6) is 0. The zero-order chi connectivity index (χ0) is 34.4. The van der Waals surface area contributed by atoms with Gasteiger partial charge < -0.3 is 18.6 Å². The van der Waals surface area contributed by atoms with Crippen molar-refractivity contribution in [1.29, 1.82) is 0 Å². The van der Waals surface area contributed by atoms with E-state index in [0.717, 1.165) is 89.1 Å². The molecule has 0 unspecified atom stereocenters. The topological polar surface area (TPSA) is 32.8 Å². The summed E-state index contributed by atoms with van der Waals surface area (Å²) < 4.78 is 12.9. The molecule has 52 heavy (non-hydrogen) atoms. The fraction of sp³-hybridized carbons (Fsp3) is 0. The van der Waals surface area contributed by atoms with Crippen LogP contribution in [0.5, 0.6) is 0 Å². The lowest BCUT2D eigenvalue weighted by Gasteiger charge is -2.26. The average molecular weight is 669 g/mol. The number of hydrogen-bond acceptors (Lipinski definition) is 4. The zero-order valence-electron chi connectivity index (χ0n) is 28.2. The van der Waals surface area contributed by atoms with Gasteiger partial charge in [-0.1, -0.05) is 109 Å². The fourth-order valence-electron chi connectivity index (χ4n) is 7.40. The molecule has 0 fully saturated rings. The number of furan rings is 2. The van der Waals surface area contributed by atoms with Crippen LogP contribution in [0.1, 0.15) is 0 Å². The van der Waals surface area contributed by atoms with E-state index in [1.807, 2.05) is 24.3 Å². The molecule has 4 heteroatoms. The van der Waals surface area contributed by atoms with E-state index in [4.69, 9.17) is 8.83 Å². The highest BCUT2D eigenvalue weighted by Crippen LogP contribution is 2.44. The number of hydrogen-bond donors (Lipinski definition) is 0. The molecule has 0 aliphatic rings. The maximum Gasteiger partial charge on any atom is 0.159 e. The van der Waals surface area contributed by atoms with Crippen molar-refractivity contribution in [3.8, 4) is 11.1 Å². The van der Waals surface area contributed by atoms with Crippen LogP contribution < -0.4 is 9.80 Å². The minimum absolute atomic E-state index is 0.842. The Morgan fingerprint density at radius 3 is 1.38 bits per heavy atom.